The molecule has 3 heteroatoms. The average molecular weight is 225 g/mol. The van der Waals surface area contributed by atoms with Crippen LogP contribution in [-0.4, -0.2) is 0 Å². The van der Waals surface area contributed by atoms with Gasteiger partial charge in [-0.25, -0.2) is 0 Å². The monoisotopic (exact) mass is 225 g/mol. The van der Waals surface area contributed by atoms with Crippen LogP contribution in [0, 0.1) is 0 Å². The van der Waals surface area contributed by atoms with E-state index >= 15 is 0 Å². The molecule has 17 heavy (non-hydrogen) atoms. The van der Waals surface area contributed by atoms with Gasteiger partial charge in [-0.05, 0) is 11.1 Å². The first-order chi connectivity index (χ1) is 8.45. The third kappa shape index (κ3) is 1.88. The molecule has 0 radical (unpaired) electrons. The Bertz CT molecular complexity index is 552. The second kappa shape index (κ2) is 4.31. The minimum Gasteiger partial charge on any atom is -0.309 e. The predicted octanol–water partition coefficient (Wildman–Crippen LogP) is 2.51. The molecule has 0 atom stereocenters. The van der Waals surface area contributed by atoms with Gasteiger partial charge in [0.05, 0.1) is 5.70 Å². The lowest BCUT2D eigenvalue weighted by atomic mass is 9.98. The Balaban J connectivity index is 0.00000120. The summed E-state index contributed by atoms with van der Waals surface area (Å²) < 4.78 is 0. The Hall–Kier alpha value is -2.26. The third-order valence-electron chi connectivity index (χ3n) is 2.79. The Morgan fingerprint density at radius 2 is 1.47 bits per heavy atom. The minimum absolute atomic E-state index is 0. The van der Waals surface area contributed by atoms with Crippen molar-refractivity contribution in [2.45, 2.75) is 0 Å². The van der Waals surface area contributed by atoms with Crippen LogP contribution in [0.4, 0.5) is 0 Å². The largest absolute Gasteiger partial charge is 0.309 e. The highest BCUT2D eigenvalue weighted by atomic mass is 15.6. The van der Waals surface area contributed by atoms with Crippen LogP contribution < -0.4 is 16.4 Å². The lowest BCUT2D eigenvalue weighted by Crippen LogP contribution is -2.31. The third-order valence-corrected chi connectivity index (χ3v) is 2.79. The van der Waals surface area contributed by atoms with Crippen LogP contribution in [0.15, 0.2) is 60.8 Å². The molecule has 2 aromatic rings. The fourth-order valence-electron chi connectivity index (χ4n) is 1.98. The maximum Gasteiger partial charge on any atom is 0.0755 e. The smallest absolute Gasteiger partial charge is 0.0755 e. The number of nitrogens with one attached hydrogen (secondary N) is 3. The van der Waals surface area contributed by atoms with Gasteiger partial charge in [0.25, 0.3) is 0 Å². The number of hydrogen-bond acceptors (Lipinski definition) is 3. The molecule has 0 spiro atoms. The van der Waals surface area contributed by atoms with Crippen LogP contribution in [0.25, 0.3) is 16.8 Å². The van der Waals surface area contributed by atoms with Crippen molar-refractivity contribution in [3.8, 4) is 11.1 Å². The molecule has 0 saturated heterocycles. The summed E-state index contributed by atoms with van der Waals surface area (Å²) in [5.74, 6) is 0. The molecule has 2 aromatic carbocycles. The highest BCUT2D eigenvalue weighted by molar-refractivity contribution is 5.80. The molecule has 3 rings (SSSR count). The molecule has 1 heterocycles. The SMILES string of the molecule is C1=C(c2ccccc2-c2ccccc2)NNN1.[HH]. The molecular weight excluding hydrogens is 210 g/mol. The standard InChI is InChI=1S/C14H13N3.H2/c1-2-6-11(7-3-1)12-8-4-5-9-13(12)14-10-15-17-16-14;/h1-10,15-17H;1H. The zero-order valence-corrected chi connectivity index (χ0v) is 9.27. The van der Waals surface area contributed by atoms with Crippen molar-refractivity contribution in [3.63, 3.8) is 0 Å². The Morgan fingerprint density at radius 3 is 2.18 bits per heavy atom. The fourth-order valence-corrected chi connectivity index (χ4v) is 1.98. The van der Waals surface area contributed by atoms with Crippen molar-refractivity contribution in [2.75, 3.05) is 0 Å². The van der Waals surface area contributed by atoms with Crippen molar-refractivity contribution in [1.82, 2.24) is 16.4 Å². The first kappa shape index (κ1) is 9.93. The van der Waals surface area contributed by atoms with Crippen molar-refractivity contribution in [1.29, 1.82) is 0 Å². The molecular formula is C14H15N3. The molecule has 1 aliphatic rings. The van der Waals surface area contributed by atoms with E-state index in [0.717, 1.165) is 5.70 Å². The molecule has 3 nitrogen and oxygen atoms in total. The quantitative estimate of drug-likeness (QED) is 0.735. The molecule has 3 N–H and O–H groups in total. The number of hydrazine groups is 2. The second-order valence-electron chi connectivity index (χ2n) is 3.86. The van der Waals surface area contributed by atoms with Gasteiger partial charge in [-0.1, -0.05) is 54.6 Å². The predicted molar refractivity (Wildman–Crippen MR) is 71.4 cm³/mol. The van der Waals surface area contributed by atoms with Crippen LogP contribution in [0.1, 0.15) is 6.99 Å². The van der Waals surface area contributed by atoms with E-state index in [1.807, 2.05) is 18.3 Å². The van der Waals surface area contributed by atoms with Crippen molar-refractivity contribution >= 4 is 5.70 Å². The second-order valence-corrected chi connectivity index (χ2v) is 3.86. The summed E-state index contributed by atoms with van der Waals surface area (Å²) in [6.45, 7) is 0. The summed E-state index contributed by atoms with van der Waals surface area (Å²) in [7, 11) is 0. The van der Waals surface area contributed by atoms with Gasteiger partial charge in [-0.2, -0.15) is 5.53 Å². The van der Waals surface area contributed by atoms with Gasteiger partial charge >= 0.3 is 0 Å². The summed E-state index contributed by atoms with van der Waals surface area (Å²) in [6.07, 6.45) is 1.92. The summed E-state index contributed by atoms with van der Waals surface area (Å²) >= 11 is 0. The highest BCUT2D eigenvalue weighted by Gasteiger charge is 2.10. The first-order valence-electron chi connectivity index (χ1n) is 5.57. The Labute approximate surface area is 102 Å². The Kier molecular flexibility index (Phi) is 2.52. The van der Waals surface area contributed by atoms with Gasteiger partial charge in [-0.15, -0.1) is 0 Å². The zero-order chi connectivity index (χ0) is 11.5. The van der Waals surface area contributed by atoms with E-state index in [0.29, 0.717) is 0 Å². The van der Waals surface area contributed by atoms with E-state index in [1.165, 1.54) is 16.7 Å². The van der Waals surface area contributed by atoms with Crippen molar-refractivity contribution in [2.24, 2.45) is 0 Å². The van der Waals surface area contributed by atoms with E-state index in [2.05, 4.69) is 58.9 Å². The zero-order valence-electron chi connectivity index (χ0n) is 9.27. The maximum absolute atomic E-state index is 3.08. The molecule has 0 bridgehead atoms. The van der Waals surface area contributed by atoms with Crippen LogP contribution in [0.2, 0.25) is 0 Å². The lowest BCUT2D eigenvalue weighted by molar-refractivity contribution is 0.620. The van der Waals surface area contributed by atoms with Gasteiger partial charge in [0.15, 0.2) is 0 Å². The van der Waals surface area contributed by atoms with Gasteiger partial charge in [0.1, 0.15) is 0 Å². The van der Waals surface area contributed by atoms with Crippen molar-refractivity contribution in [3.05, 3.63) is 66.4 Å². The van der Waals surface area contributed by atoms with E-state index in [1.54, 1.807) is 0 Å². The van der Waals surface area contributed by atoms with Gasteiger partial charge < -0.3 is 10.9 Å². The fraction of sp³-hybridized carbons (Fsp3) is 0. The summed E-state index contributed by atoms with van der Waals surface area (Å²) in [4.78, 5) is 0. The summed E-state index contributed by atoms with van der Waals surface area (Å²) in [6, 6.07) is 18.7. The maximum atomic E-state index is 3.08. The number of benzene rings is 2. The van der Waals surface area contributed by atoms with Crippen LogP contribution >= 0.6 is 0 Å². The summed E-state index contributed by atoms with van der Waals surface area (Å²) in [5.41, 5.74) is 13.5. The lowest BCUT2D eigenvalue weighted by Gasteiger charge is -2.10. The highest BCUT2D eigenvalue weighted by Crippen LogP contribution is 2.27. The van der Waals surface area contributed by atoms with Crippen molar-refractivity contribution < 1.29 is 1.43 Å². The topological polar surface area (TPSA) is 36.1 Å². The molecule has 0 aliphatic carbocycles. The molecule has 0 fully saturated rings. The molecule has 0 aromatic heterocycles. The van der Waals surface area contributed by atoms with Crippen LogP contribution in [0.5, 0.6) is 0 Å². The first-order valence-corrected chi connectivity index (χ1v) is 5.57. The molecule has 0 saturated carbocycles. The normalized spacial score (nSPS) is 13.8. The number of rotatable bonds is 2. The van der Waals surface area contributed by atoms with E-state index < -0.39 is 0 Å². The summed E-state index contributed by atoms with van der Waals surface area (Å²) in [5, 5.41) is 0. The van der Waals surface area contributed by atoms with Gasteiger partial charge in [0, 0.05) is 13.2 Å². The Morgan fingerprint density at radius 1 is 0.765 bits per heavy atom. The number of hydrogen-bond donors (Lipinski definition) is 3. The molecule has 0 amide bonds. The van der Waals surface area contributed by atoms with E-state index in [9.17, 15) is 0 Å². The van der Waals surface area contributed by atoms with E-state index in [4.69, 9.17) is 0 Å². The minimum atomic E-state index is 0. The van der Waals surface area contributed by atoms with Gasteiger partial charge in [-0.3, -0.25) is 0 Å². The molecule has 86 valence electrons. The van der Waals surface area contributed by atoms with E-state index in [-0.39, 0.29) is 1.43 Å². The average Bonchev–Trinajstić information content (AvgIpc) is 2.94. The molecule has 1 aliphatic heterocycles. The van der Waals surface area contributed by atoms with Crippen LogP contribution in [0.3, 0.4) is 0 Å². The van der Waals surface area contributed by atoms with Gasteiger partial charge in [0.2, 0.25) is 0 Å². The van der Waals surface area contributed by atoms with Crippen LogP contribution in [-0.2, 0) is 0 Å². The molecule has 0 unspecified atom stereocenters.